The van der Waals surface area contributed by atoms with Gasteiger partial charge in [-0.2, -0.15) is 5.26 Å². The van der Waals surface area contributed by atoms with Gasteiger partial charge >= 0.3 is 0 Å². The molecule has 0 saturated heterocycles. The van der Waals surface area contributed by atoms with E-state index in [0.717, 1.165) is 16.8 Å². The van der Waals surface area contributed by atoms with Gasteiger partial charge in [-0.25, -0.2) is 4.98 Å². The summed E-state index contributed by atoms with van der Waals surface area (Å²) in [6, 6.07) is 14.7. The van der Waals surface area contributed by atoms with E-state index in [0.29, 0.717) is 25.6 Å². The van der Waals surface area contributed by atoms with Crippen molar-refractivity contribution in [1.29, 1.82) is 5.26 Å². The average Bonchev–Trinajstić information content (AvgIpc) is 3.05. The maximum absolute atomic E-state index is 9.46. The molecule has 0 bridgehead atoms. The molecule has 0 aliphatic heterocycles. The number of thiazole rings is 1. The predicted molar refractivity (Wildman–Crippen MR) is 103 cm³/mol. The Morgan fingerprint density at radius 1 is 1.04 bits per heavy atom. The van der Waals surface area contributed by atoms with Crippen molar-refractivity contribution in [3.05, 3.63) is 73.5 Å². The Morgan fingerprint density at radius 3 is 2.42 bits per heavy atom. The van der Waals surface area contributed by atoms with Gasteiger partial charge in [0.1, 0.15) is 11.1 Å². The SMILES string of the molecule is N#C/C(=C\c1ccc(Cl)cc1Cl)c1nc(-c2ccc(Cl)cc2)cs1. The molecule has 24 heavy (non-hydrogen) atoms. The highest BCUT2D eigenvalue weighted by Gasteiger charge is 2.10. The molecule has 0 aliphatic carbocycles. The fourth-order valence-electron chi connectivity index (χ4n) is 2.07. The minimum Gasteiger partial charge on any atom is -0.235 e. The van der Waals surface area contributed by atoms with E-state index >= 15 is 0 Å². The second-order valence-corrected chi connectivity index (χ2v) is 7.02. The van der Waals surface area contributed by atoms with E-state index in [9.17, 15) is 5.26 Å². The van der Waals surface area contributed by atoms with Gasteiger partial charge < -0.3 is 0 Å². The largest absolute Gasteiger partial charge is 0.235 e. The van der Waals surface area contributed by atoms with E-state index in [1.165, 1.54) is 11.3 Å². The molecule has 2 nitrogen and oxygen atoms in total. The van der Waals surface area contributed by atoms with Gasteiger partial charge in [0.2, 0.25) is 0 Å². The quantitative estimate of drug-likeness (QED) is 0.458. The van der Waals surface area contributed by atoms with Crippen LogP contribution in [0.2, 0.25) is 15.1 Å². The van der Waals surface area contributed by atoms with Crippen molar-refractivity contribution >= 4 is 57.8 Å². The lowest BCUT2D eigenvalue weighted by atomic mass is 10.1. The van der Waals surface area contributed by atoms with Gasteiger partial charge in [0.05, 0.1) is 11.3 Å². The van der Waals surface area contributed by atoms with Gasteiger partial charge in [-0.05, 0) is 35.9 Å². The molecular weight excluding hydrogens is 383 g/mol. The van der Waals surface area contributed by atoms with Crippen LogP contribution in [0.25, 0.3) is 22.9 Å². The number of aromatic nitrogens is 1. The summed E-state index contributed by atoms with van der Waals surface area (Å²) in [4.78, 5) is 4.54. The van der Waals surface area contributed by atoms with Crippen LogP contribution in [0.15, 0.2) is 47.8 Å². The standard InChI is InChI=1S/C18H9Cl3N2S/c19-14-4-1-11(2-5-14)17-10-24-18(23-17)13(9-22)7-12-3-6-15(20)8-16(12)21/h1-8,10H/b13-7+. The second kappa shape index (κ2) is 7.38. The first-order valence-corrected chi connectivity index (χ1v) is 8.87. The molecule has 1 heterocycles. The molecule has 0 aliphatic rings. The summed E-state index contributed by atoms with van der Waals surface area (Å²) in [5.74, 6) is 0. The van der Waals surface area contributed by atoms with Crippen molar-refractivity contribution in [2.24, 2.45) is 0 Å². The van der Waals surface area contributed by atoms with Gasteiger partial charge in [0.15, 0.2) is 0 Å². The third-order valence-electron chi connectivity index (χ3n) is 3.26. The molecule has 3 rings (SSSR count). The molecule has 1 aromatic heterocycles. The molecule has 0 saturated carbocycles. The second-order valence-electron chi connectivity index (χ2n) is 4.88. The molecule has 0 unspecified atom stereocenters. The van der Waals surface area contributed by atoms with Crippen molar-refractivity contribution in [1.82, 2.24) is 4.98 Å². The molecule has 0 atom stereocenters. The van der Waals surface area contributed by atoms with Crippen LogP contribution in [-0.4, -0.2) is 4.98 Å². The molecule has 0 amide bonds. The van der Waals surface area contributed by atoms with Crippen LogP contribution in [0.3, 0.4) is 0 Å². The average molecular weight is 392 g/mol. The van der Waals surface area contributed by atoms with Crippen LogP contribution in [0.4, 0.5) is 0 Å². The van der Waals surface area contributed by atoms with Gasteiger partial charge in [0.25, 0.3) is 0 Å². The van der Waals surface area contributed by atoms with Gasteiger partial charge in [-0.1, -0.05) is 53.0 Å². The normalized spacial score (nSPS) is 11.3. The van der Waals surface area contributed by atoms with Crippen molar-refractivity contribution in [3.63, 3.8) is 0 Å². The van der Waals surface area contributed by atoms with Crippen LogP contribution in [0, 0.1) is 11.3 Å². The van der Waals surface area contributed by atoms with E-state index < -0.39 is 0 Å². The molecule has 118 valence electrons. The summed E-state index contributed by atoms with van der Waals surface area (Å²) < 4.78 is 0. The molecule has 0 N–H and O–H groups in total. The topological polar surface area (TPSA) is 36.7 Å². The van der Waals surface area contributed by atoms with Gasteiger partial charge in [-0.3, -0.25) is 0 Å². The number of nitriles is 1. The maximum atomic E-state index is 9.46. The molecule has 6 heteroatoms. The first-order valence-electron chi connectivity index (χ1n) is 6.85. The third-order valence-corrected chi connectivity index (χ3v) is 4.95. The number of hydrogen-bond acceptors (Lipinski definition) is 3. The lowest BCUT2D eigenvalue weighted by Gasteiger charge is -2.00. The molecular formula is C18H9Cl3N2S. The van der Waals surface area contributed by atoms with Crippen LogP contribution in [-0.2, 0) is 0 Å². The van der Waals surface area contributed by atoms with Crippen LogP contribution >= 0.6 is 46.1 Å². The molecule has 2 aromatic carbocycles. The first-order chi connectivity index (χ1) is 11.6. The Kier molecular flexibility index (Phi) is 5.23. The summed E-state index contributed by atoms with van der Waals surface area (Å²) in [6.07, 6.45) is 1.71. The summed E-state index contributed by atoms with van der Waals surface area (Å²) >= 11 is 19.4. The van der Waals surface area contributed by atoms with Crippen LogP contribution in [0.1, 0.15) is 10.6 Å². The Bertz CT molecular complexity index is 953. The minimum absolute atomic E-state index is 0.449. The van der Waals surface area contributed by atoms with Crippen LogP contribution in [0.5, 0.6) is 0 Å². The van der Waals surface area contributed by atoms with Crippen molar-refractivity contribution in [2.45, 2.75) is 0 Å². The number of benzene rings is 2. The van der Waals surface area contributed by atoms with Crippen molar-refractivity contribution in [3.8, 4) is 17.3 Å². The van der Waals surface area contributed by atoms with E-state index in [4.69, 9.17) is 34.8 Å². The molecule has 0 fully saturated rings. The summed E-state index contributed by atoms with van der Waals surface area (Å²) in [5.41, 5.74) is 2.92. The van der Waals surface area contributed by atoms with Crippen LogP contribution < -0.4 is 0 Å². The molecule has 3 aromatic rings. The Hall–Kier alpha value is -1.83. The zero-order valence-corrected chi connectivity index (χ0v) is 15.2. The van der Waals surface area contributed by atoms with Gasteiger partial charge in [-0.15, -0.1) is 11.3 Å². The van der Waals surface area contributed by atoms with Crippen molar-refractivity contribution < 1.29 is 0 Å². The highest BCUT2D eigenvalue weighted by atomic mass is 35.5. The van der Waals surface area contributed by atoms with Gasteiger partial charge in [0, 0.05) is 26.0 Å². The number of allylic oxidation sites excluding steroid dienone is 1. The Labute approximate surface area is 158 Å². The molecule has 0 spiro atoms. The lowest BCUT2D eigenvalue weighted by molar-refractivity contribution is 1.37. The fourth-order valence-corrected chi connectivity index (χ4v) is 3.45. The highest BCUT2D eigenvalue weighted by molar-refractivity contribution is 7.11. The van der Waals surface area contributed by atoms with E-state index in [1.807, 2.05) is 29.6 Å². The summed E-state index contributed by atoms with van der Waals surface area (Å²) in [7, 11) is 0. The maximum Gasteiger partial charge on any atom is 0.134 e. The number of rotatable bonds is 3. The highest BCUT2D eigenvalue weighted by Crippen LogP contribution is 2.30. The van der Waals surface area contributed by atoms with E-state index in [-0.39, 0.29) is 0 Å². The van der Waals surface area contributed by atoms with Crippen molar-refractivity contribution in [2.75, 3.05) is 0 Å². The summed E-state index contributed by atoms with van der Waals surface area (Å²) in [6.45, 7) is 0. The molecule has 0 radical (unpaired) electrons. The third kappa shape index (κ3) is 3.80. The monoisotopic (exact) mass is 390 g/mol. The lowest BCUT2D eigenvalue weighted by Crippen LogP contribution is -1.84. The summed E-state index contributed by atoms with van der Waals surface area (Å²) in [5, 5.41) is 13.7. The smallest absolute Gasteiger partial charge is 0.134 e. The first kappa shape index (κ1) is 17.0. The number of halogens is 3. The predicted octanol–water partition coefficient (Wildman–Crippen LogP) is 6.83. The number of hydrogen-bond donors (Lipinski definition) is 0. The Balaban J connectivity index is 1.96. The van der Waals surface area contributed by atoms with E-state index in [1.54, 1.807) is 24.3 Å². The van der Waals surface area contributed by atoms with E-state index in [2.05, 4.69) is 11.1 Å². The number of nitrogens with zero attached hydrogens (tertiary/aromatic N) is 2. The zero-order chi connectivity index (χ0) is 17.1. The fraction of sp³-hybridized carbons (Fsp3) is 0. The minimum atomic E-state index is 0.449. The zero-order valence-electron chi connectivity index (χ0n) is 12.1. The Morgan fingerprint density at radius 2 is 1.75 bits per heavy atom.